The minimum Gasteiger partial charge on any atom is -0.386 e. The minimum atomic E-state index is -5.82. The zero-order valence-corrected chi connectivity index (χ0v) is 14.3. The van der Waals surface area contributed by atoms with Gasteiger partial charge < -0.3 is 4.74 Å². The van der Waals surface area contributed by atoms with Crippen molar-refractivity contribution in [2.75, 3.05) is 0 Å². The topological polar surface area (TPSA) is 80.7 Å². The summed E-state index contributed by atoms with van der Waals surface area (Å²) in [6, 6.07) is 0. The third-order valence-electron chi connectivity index (χ3n) is 3.50. The van der Waals surface area contributed by atoms with Crippen LogP contribution in [-0.4, -0.2) is 24.4 Å². The number of esters is 1. The molecule has 0 radical (unpaired) electrons. The number of alkyl halides is 2. The molecule has 0 aromatic rings. The Kier molecular flexibility index (Phi) is 5.26. The second kappa shape index (κ2) is 5.46. The Labute approximate surface area is 124 Å². The van der Waals surface area contributed by atoms with Crippen molar-refractivity contribution in [3.05, 3.63) is 0 Å². The third kappa shape index (κ3) is 4.88. The Bertz CT molecular complexity index is 500. The van der Waals surface area contributed by atoms with Gasteiger partial charge >= 0.3 is 21.5 Å². The molecule has 0 fully saturated rings. The second-order valence-corrected chi connectivity index (χ2v) is 9.07. The first-order valence-electron chi connectivity index (χ1n) is 6.42. The number of carbonyl (C=O) groups is 1. The van der Waals surface area contributed by atoms with Gasteiger partial charge in [-0.25, -0.2) is 0 Å². The van der Waals surface area contributed by atoms with Crippen molar-refractivity contribution in [1.82, 2.24) is 0 Å². The lowest BCUT2D eigenvalue weighted by molar-refractivity contribution is -0.212. The van der Waals surface area contributed by atoms with Gasteiger partial charge in [-0.3, -0.25) is 9.35 Å². The van der Waals surface area contributed by atoms with Crippen molar-refractivity contribution >= 4 is 16.1 Å². The lowest BCUT2D eigenvalue weighted by Crippen LogP contribution is -2.47. The predicted molar refractivity (Wildman–Crippen MR) is 74.2 cm³/mol. The van der Waals surface area contributed by atoms with Crippen molar-refractivity contribution in [1.29, 1.82) is 0 Å². The second-order valence-electron chi connectivity index (χ2n) is 7.65. The van der Waals surface area contributed by atoms with E-state index in [0.29, 0.717) is 0 Å². The Morgan fingerprint density at radius 1 is 1.05 bits per heavy atom. The fourth-order valence-electron chi connectivity index (χ4n) is 1.98. The molecule has 0 aromatic carbocycles. The fourth-order valence-corrected chi connectivity index (χ4v) is 2.16. The molecule has 1 atom stereocenters. The zero-order chi connectivity index (χ0) is 17.5. The Morgan fingerprint density at radius 3 is 1.67 bits per heavy atom. The molecule has 0 amide bonds. The van der Waals surface area contributed by atoms with Crippen molar-refractivity contribution < 1.29 is 31.3 Å². The first kappa shape index (κ1) is 20.2. The Hall–Kier alpha value is -0.760. The lowest BCUT2D eigenvalue weighted by atomic mass is 9.61. The molecule has 0 bridgehead atoms. The molecule has 8 heteroatoms. The average molecular weight is 330 g/mol. The molecule has 21 heavy (non-hydrogen) atoms. The number of hydrogen-bond acceptors (Lipinski definition) is 4. The van der Waals surface area contributed by atoms with Gasteiger partial charge in [-0.1, -0.05) is 41.5 Å². The summed E-state index contributed by atoms with van der Waals surface area (Å²) in [6.07, 6.45) is 0.198. The first-order chi connectivity index (χ1) is 8.83. The van der Waals surface area contributed by atoms with Gasteiger partial charge in [0, 0.05) is 0 Å². The van der Waals surface area contributed by atoms with Gasteiger partial charge in [0.2, 0.25) is 0 Å². The summed E-state index contributed by atoms with van der Waals surface area (Å²) in [5.74, 6) is -1.37. The Morgan fingerprint density at radius 2 is 1.43 bits per heavy atom. The van der Waals surface area contributed by atoms with Crippen LogP contribution in [0.25, 0.3) is 0 Å². The summed E-state index contributed by atoms with van der Waals surface area (Å²) in [7, 11) is -5.82. The maximum Gasteiger partial charge on any atom is 0.536 e. The molecule has 1 N–H and O–H groups in total. The highest BCUT2D eigenvalue weighted by molar-refractivity contribution is 7.86. The third-order valence-corrected chi connectivity index (χ3v) is 4.19. The molecule has 1 unspecified atom stereocenters. The number of carbonyl (C=O) groups excluding carboxylic acids is 1. The highest BCUT2D eigenvalue weighted by atomic mass is 32.2. The standard InChI is InChI=1S/C13H24F2O5S/c1-10(2,3)8-12(7,11(4,5)6)9(16)20-13(14,15)21(17,18)19/h8H2,1-7H3,(H,17,18,19). The maximum absolute atomic E-state index is 13.3. The van der Waals surface area contributed by atoms with Gasteiger partial charge in [0.1, 0.15) is 0 Å². The molecular formula is C13H24F2O5S. The molecule has 0 saturated carbocycles. The van der Waals surface area contributed by atoms with E-state index in [1.54, 1.807) is 20.8 Å². The maximum atomic E-state index is 13.3. The summed E-state index contributed by atoms with van der Waals surface area (Å²) in [5.41, 5.74) is -7.46. The number of ether oxygens (including phenoxy) is 1. The van der Waals surface area contributed by atoms with E-state index in [4.69, 9.17) is 4.55 Å². The van der Waals surface area contributed by atoms with Crippen LogP contribution in [0, 0.1) is 16.2 Å². The SMILES string of the molecule is CC(C)(C)CC(C)(C(=O)OC(F)(F)S(=O)(=O)O)C(C)(C)C. The predicted octanol–water partition coefficient (Wildman–Crippen LogP) is 3.46. The zero-order valence-electron chi connectivity index (χ0n) is 13.5. The van der Waals surface area contributed by atoms with Gasteiger partial charge in [0.25, 0.3) is 0 Å². The van der Waals surface area contributed by atoms with Crippen LogP contribution in [0.1, 0.15) is 54.9 Å². The van der Waals surface area contributed by atoms with Gasteiger partial charge in [-0.2, -0.15) is 8.42 Å². The van der Waals surface area contributed by atoms with E-state index >= 15 is 0 Å². The molecule has 0 aliphatic heterocycles. The van der Waals surface area contributed by atoms with Crippen LogP contribution in [0.5, 0.6) is 0 Å². The van der Waals surface area contributed by atoms with E-state index in [2.05, 4.69) is 4.74 Å². The normalized spacial score (nSPS) is 17.2. The van der Waals surface area contributed by atoms with E-state index in [1.807, 2.05) is 20.8 Å². The summed E-state index contributed by atoms with van der Waals surface area (Å²) in [6.45, 7) is 11.9. The monoisotopic (exact) mass is 330 g/mol. The molecule has 0 heterocycles. The van der Waals surface area contributed by atoms with Crippen molar-refractivity contribution in [3.63, 3.8) is 0 Å². The summed E-state index contributed by atoms with van der Waals surface area (Å²) >= 11 is 0. The summed E-state index contributed by atoms with van der Waals surface area (Å²) < 4.78 is 59.9. The van der Waals surface area contributed by atoms with E-state index < -0.39 is 32.4 Å². The van der Waals surface area contributed by atoms with E-state index in [0.717, 1.165) is 0 Å². The molecule has 126 valence electrons. The van der Waals surface area contributed by atoms with E-state index in [-0.39, 0.29) is 11.8 Å². The smallest absolute Gasteiger partial charge is 0.386 e. The number of hydrogen-bond donors (Lipinski definition) is 1. The minimum absolute atomic E-state index is 0.198. The van der Waals surface area contributed by atoms with E-state index in [1.165, 1.54) is 6.92 Å². The van der Waals surface area contributed by atoms with Crippen LogP contribution in [0.2, 0.25) is 0 Å². The van der Waals surface area contributed by atoms with Crippen LogP contribution < -0.4 is 0 Å². The molecule has 0 spiro atoms. The molecule has 0 aromatic heterocycles. The van der Waals surface area contributed by atoms with Crippen LogP contribution in [-0.2, 0) is 19.6 Å². The molecule has 0 rings (SSSR count). The van der Waals surface area contributed by atoms with Crippen molar-refractivity contribution in [2.24, 2.45) is 16.2 Å². The van der Waals surface area contributed by atoms with Crippen LogP contribution in [0.15, 0.2) is 0 Å². The molecular weight excluding hydrogens is 306 g/mol. The highest BCUT2D eigenvalue weighted by Gasteiger charge is 2.55. The van der Waals surface area contributed by atoms with Crippen LogP contribution in [0.3, 0.4) is 0 Å². The highest BCUT2D eigenvalue weighted by Crippen LogP contribution is 2.48. The quantitative estimate of drug-likeness (QED) is 0.630. The van der Waals surface area contributed by atoms with Gasteiger partial charge in [0.15, 0.2) is 0 Å². The van der Waals surface area contributed by atoms with Gasteiger partial charge in [-0.05, 0) is 24.2 Å². The van der Waals surface area contributed by atoms with E-state index in [9.17, 15) is 22.0 Å². The summed E-state index contributed by atoms with van der Waals surface area (Å²) in [5, 5.41) is 0. The molecule has 0 aliphatic rings. The molecule has 5 nitrogen and oxygen atoms in total. The van der Waals surface area contributed by atoms with Gasteiger partial charge in [-0.15, -0.1) is 8.78 Å². The molecule has 0 aliphatic carbocycles. The van der Waals surface area contributed by atoms with Crippen molar-refractivity contribution in [3.8, 4) is 0 Å². The van der Waals surface area contributed by atoms with Crippen LogP contribution >= 0.6 is 0 Å². The summed E-state index contributed by atoms with van der Waals surface area (Å²) in [4.78, 5) is 12.2. The number of halogens is 2. The number of rotatable bonds is 4. The van der Waals surface area contributed by atoms with Gasteiger partial charge in [0.05, 0.1) is 5.41 Å². The first-order valence-corrected chi connectivity index (χ1v) is 7.86. The lowest BCUT2D eigenvalue weighted by Gasteiger charge is -2.43. The van der Waals surface area contributed by atoms with Crippen LogP contribution in [0.4, 0.5) is 8.78 Å². The van der Waals surface area contributed by atoms with Crippen molar-refractivity contribution in [2.45, 2.75) is 60.3 Å². The largest absolute Gasteiger partial charge is 0.536 e. The average Bonchev–Trinajstić information content (AvgIpc) is 2.09. The molecule has 0 saturated heterocycles. The Balaban J connectivity index is 5.65. The fraction of sp³-hybridized carbons (Fsp3) is 0.923.